The van der Waals surface area contributed by atoms with Gasteiger partial charge in [0.25, 0.3) is 5.09 Å². The second kappa shape index (κ2) is 15.7. The van der Waals surface area contributed by atoms with Crippen molar-refractivity contribution in [2.24, 2.45) is 0 Å². The molecular formula is C30H34ClN7O7. The molecule has 2 aromatic heterocycles. The number of hydrogen-bond donors (Lipinski definition) is 1. The molecule has 0 spiro atoms. The SMILES string of the molecule is CCCCc1nc(Cl)c(C(=O)OC(C)OC(=O)CCCC(C)O[N+](=O)[O-])n1Cc1ccc(-c2ccccc2-c2nn[nH]n2)cc1. The summed E-state index contributed by atoms with van der Waals surface area (Å²) in [6, 6.07) is 15.6. The van der Waals surface area contributed by atoms with Crippen molar-refractivity contribution in [1.82, 2.24) is 30.2 Å². The molecule has 0 aliphatic heterocycles. The molecule has 15 heteroatoms. The highest BCUT2D eigenvalue weighted by molar-refractivity contribution is 6.32. The summed E-state index contributed by atoms with van der Waals surface area (Å²) in [5, 5.41) is 23.9. The lowest BCUT2D eigenvalue weighted by molar-refractivity contribution is -0.767. The minimum absolute atomic E-state index is 0.00457. The number of benzene rings is 2. The third-order valence-corrected chi connectivity index (χ3v) is 7.16. The third-order valence-electron chi connectivity index (χ3n) is 6.90. The number of carbonyl (C=O) groups excluding carboxylic acids is 2. The number of nitrogens with zero attached hydrogens (tertiary/aromatic N) is 6. The molecule has 2 aromatic carbocycles. The molecule has 0 saturated carbocycles. The Hall–Kier alpha value is -4.85. The topological polar surface area (TPSA) is 177 Å². The van der Waals surface area contributed by atoms with E-state index in [1.165, 1.54) is 13.8 Å². The number of carbonyl (C=O) groups is 2. The van der Waals surface area contributed by atoms with E-state index in [9.17, 15) is 19.7 Å². The van der Waals surface area contributed by atoms with Crippen molar-refractivity contribution < 1.29 is 29.0 Å². The van der Waals surface area contributed by atoms with Gasteiger partial charge in [0.15, 0.2) is 10.8 Å². The van der Waals surface area contributed by atoms with E-state index in [-0.39, 0.29) is 23.7 Å². The van der Waals surface area contributed by atoms with E-state index < -0.39 is 29.4 Å². The van der Waals surface area contributed by atoms with Crippen LogP contribution in [0.4, 0.5) is 0 Å². The monoisotopic (exact) mass is 639 g/mol. The van der Waals surface area contributed by atoms with Crippen LogP contribution in [0.2, 0.25) is 5.15 Å². The highest BCUT2D eigenvalue weighted by Crippen LogP contribution is 2.30. The number of unbranched alkanes of at least 4 members (excludes halogenated alkanes) is 1. The van der Waals surface area contributed by atoms with Crippen LogP contribution in [0.5, 0.6) is 0 Å². The molecule has 1 N–H and O–H groups in total. The van der Waals surface area contributed by atoms with Gasteiger partial charge in [-0.1, -0.05) is 73.5 Å². The number of rotatable bonds is 16. The van der Waals surface area contributed by atoms with Gasteiger partial charge < -0.3 is 18.9 Å². The van der Waals surface area contributed by atoms with Crippen LogP contribution in [0, 0.1) is 10.1 Å². The van der Waals surface area contributed by atoms with Gasteiger partial charge in [-0.05, 0) is 48.1 Å². The van der Waals surface area contributed by atoms with Gasteiger partial charge in [-0.3, -0.25) is 4.79 Å². The number of H-pyrrole nitrogens is 1. The van der Waals surface area contributed by atoms with Gasteiger partial charge in [0.2, 0.25) is 12.1 Å². The Morgan fingerprint density at radius 1 is 1.07 bits per heavy atom. The van der Waals surface area contributed by atoms with Crippen molar-refractivity contribution in [1.29, 1.82) is 0 Å². The molecule has 2 unspecified atom stereocenters. The van der Waals surface area contributed by atoms with Crippen LogP contribution in [0.3, 0.4) is 0 Å². The average molecular weight is 640 g/mol. The lowest BCUT2D eigenvalue weighted by atomic mass is 9.98. The first-order valence-corrected chi connectivity index (χ1v) is 14.9. The highest BCUT2D eigenvalue weighted by atomic mass is 35.5. The van der Waals surface area contributed by atoms with Crippen LogP contribution in [-0.2, 0) is 32.1 Å². The molecule has 4 rings (SSSR count). The molecule has 0 bridgehead atoms. The van der Waals surface area contributed by atoms with Gasteiger partial charge in [-0.2, -0.15) is 5.21 Å². The van der Waals surface area contributed by atoms with Crippen molar-refractivity contribution in [3.63, 3.8) is 0 Å². The summed E-state index contributed by atoms with van der Waals surface area (Å²) < 4.78 is 12.4. The maximum Gasteiger partial charge on any atom is 0.361 e. The second-order valence-corrected chi connectivity index (χ2v) is 10.7. The molecule has 2 heterocycles. The maximum absolute atomic E-state index is 13.3. The van der Waals surface area contributed by atoms with E-state index in [1.54, 1.807) is 4.57 Å². The minimum atomic E-state index is -1.20. The zero-order chi connectivity index (χ0) is 32.3. The number of esters is 2. The van der Waals surface area contributed by atoms with E-state index in [0.29, 0.717) is 31.0 Å². The van der Waals surface area contributed by atoms with Crippen molar-refractivity contribution >= 4 is 23.5 Å². The number of halogens is 1. The predicted octanol–water partition coefficient (Wildman–Crippen LogP) is 5.59. The predicted molar refractivity (Wildman–Crippen MR) is 162 cm³/mol. The molecule has 14 nitrogen and oxygen atoms in total. The van der Waals surface area contributed by atoms with Crippen LogP contribution in [0.1, 0.15) is 74.8 Å². The number of aromatic amines is 1. The van der Waals surface area contributed by atoms with Crippen molar-refractivity contribution in [2.45, 2.75) is 78.2 Å². The average Bonchev–Trinajstić information content (AvgIpc) is 3.64. The number of nitrogens with one attached hydrogen (secondary N) is 1. The Balaban J connectivity index is 1.46. The molecule has 238 valence electrons. The highest BCUT2D eigenvalue weighted by Gasteiger charge is 2.26. The van der Waals surface area contributed by atoms with E-state index in [1.807, 2.05) is 48.5 Å². The summed E-state index contributed by atoms with van der Waals surface area (Å²) >= 11 is 6.47. The summed E-state index contributed by atoms with van der Waals surface area (Å²) in [4.78, 5) is 44.8. The van der Waals surface area contributed by atoms with Gasteiger partial charge >= 0.3 is 11.9 Å². The fourth-order valence-electron chi connectivity index (χ4n) is 4.74. The summed E-state index contributed by atoms with van der Waals surface area (Å²) in [6.45, 7) is 5.31. The van der Waals surface area contributed by atoms with E-state index in [4.69, 9.17) is 21.1 Å². The van der Waals surface area contributed by atoms with Crippen LogP contribution in [-0.4, -0.2) is 59.6 Å². The quantitative estimate of drug-likeness (QED) is 0.0699. The van der Waals surface area contributed by atoms with Crippen LogP contribution < -0.4 is 0 Å². The second-order valence-electron chi connectivity index (χ2n) is 10.3. The van der Waals surface area contributed by atoms with E-state index in [2.05, 4.69) is 37.4 Å². The maximum atomic E-state index is 13.3. The molecule has 2 atom stereocenters. The molecule has 0 fully saturated rings. The number of tetrazole rings is 1. The summed E-state index contributed by atoms with van der Waals surface area (Å²) in [5.41, 5.74) is 3.67. The van der Waals surface area contributed by atoms with Crippen molar-refractivity contribution in [3.05, 3.63) is 80.9 Å². The Morgan fingerprint density at radius 3 is 2.47 bits per heavy atom. The number of ether oxygens (including phenoxy) is 2. The van der Waals surface area contributed by atoms with Crippen molar-refractivity contribution in [3.8, 4) is 22.5 Å². The zero-order valence-corrected chi connectivity index (χ0v) is 25.9. The molecule has 0 aliphatic rings. The first-order chi connectivity index (χ1) is 21.7. The standard InChI is InChI=1S/C30H34ClN7O7/c1-4-5-12-25-32-28(31)27(30(40)44-20(3)43-26(39)13-8-9-19(2)45-38(41)42)37(25)18-21-14-16-22(17-15-21)23-10-6-7-11-24(23)29-33-35-36-34-29/h6-7,10-11,14-17,19-20H,4-5,8-9,12-13,18H2,1-3H3,(H,33,34,35,36). The van der Waals surface area contributed by atoms with E-state index >= 15 is 0 Å². The Morgan fingerprint density at radius 2 is 1.80 bits per heavy atom. The van der Waals surface area contributed by atoms with Gasteiger partial charge in [-0.25, -0.2) is 9.78 Å². The molecule has 4 aromatic rings. The van der Waals surface area contributed by atoms with Gasteiger partial charge in [0, 0.05) is 31.9 Å². The molecule has 45 heavy (non-hydrogen) atoms. The van der Waals surface area contributed by atoms with Gasteiger partial charge in [-0.15, -0.1) is 20.3 Å². The Bertz CT molecular complexity index is 1590. The first kappa shape index (κ1) is 33.1. The number of aromatic nitrogens is 6. The normalized spacial score (nSPS) is 12.4. The summed E-state index contributed by atoms with van der Waals surface area (Å²) in [5.74, 6) is -0.277. The number of hydrogen-bond acceptors (Lipinski definition) is 11. The largest absolute Gasteiger partial charge is 0.425 e. The number of aryl methyl sites for hydroxylation is 1. The zero-order valence-electron chi connectivity index (χ0n) is 25.1. The third kappa shape index (κ3) is 9.08. The fraction of sp³-hybridized carbons (Fsp3) is 0.400. The van der Waals surface area contributed by atoms with Gasteiger partial charge in [0.05, 0.1) is 0 Å². The molecule has 0 aliphatic carbocycles. The minimum Gasteiger partial charge on any atom is -0.425 e. The molecule has 0 radical (unpaired) electrons. The summed E-state index contributed by atoms with van der Waals surface area (Å²) in [6.07, 6.45) is 1.06. The van der Waals surface area contributed by atoms with Crippen LogP contribution >= 0.6 is 11.6 Å². The lowest BCUT2D eigenvalue weighted by Gasteiger charge is -2.16. The number of imidazole rings is 1. The molecular weight excluding hydrogens is 606 g/mol. The van der Waals surface area contributed by atoms with E-state index in [0.717, 1.165) is 35.1 Å². The van der Waals surface area contributed by atoms with Crippen LogP contribution in [0.25, 0.3) is 22.5 Å². The fourth-order valence-corrected chi connectivity index (χ4v) is 5.02. The molecule has 0 saturated heterocycles. The smallest absolute Gasteiger partial charge is 0.361 e. The Kier molecular flexibility index (Phi) is 11.6. The molecule has 0 amide bonds. The lowest BCUT2D eigenvalue weighted by Crippen LogP contribution is -2.24. The summed E-state index contributed by atoms with van der Waals surface area (Å²) in [7, 11) is 0. The van der Waals surface area contributed by atoms with Gasteiger partial charge in [0.1, 0.15) is 11.9 Å². The van der Waals surface area contributed by atoms with Crippen LogP contribution in [0.15, 0.2) is 48.5 Å². The first-order valence-electron chi connectivity index (χ1n) is 14.5. The Labute approximate surface area is 264 Å². The van der Waals surface area contributed by atoms with Crippen molar-refractivity contribution in [2.75, 3.05) is 0 Å².